The largest absolute Gasteiger partial charge is 0.356 e. The van der Waals surface area contributed by atoms with Gasteiger partial charge in [0.05, 0.1) is 5.92 Å². The van der Waals surface area contributed by atoms with E-state index in [1.54, 1.807) is 14.2 Å². The minimum atomic E-state index is -0.382. The molecule has 1 unspecified atom stereocenters. The smallest absolute Gasteiger partial charge is 0.156 e. The van der Waals surface area contributed by atoms with Crippen molar-refractivity contribution in [1.82, 2.24) is 0 Å². The average molecular weight is 270 g/mol. The molecular weight excluding hydrogens is 244 g/mol. The molecule has 0 radical (unpaired) electrons. The van der Waals surface area contributed by atoms with Crippen LogP contribution in [0.4, 0.5) is 0 Å². The van der Waals surface area contributed by atoms with E-state index >= 15 is 0 Å². The normalized spacial score (nSPS) is 23.1. The van der Waals surface area contributed by atoms with Crippen LogP contribution in [0.15, 0.2) is 0 Å². The van der Waals surface area contributed by atoms with Gasteiger partial charge in [-0.2, -0.15) is 0 Å². The highest BCUT2D eigenvalue weighted by Gasteiger charge is 2.41. The van der Waals surface area contributed by atoms with E-state index < -0.39 is 0 Å². The molecule has 0 amide bonds. The van der Waals surface area contributed by atoms with Gasteiger partial charge in [-0.25, -0.2) is 0 Å². The summed E-state index contributed by atoms with van der Waals surface area (Å²) in [5.74, 6) is -0.134. The van der Waals surface area contributed by atoms with Crippen molar-refractivity contribution in [3.63, 3.8) is 0 Å². The zero-order chi connectivity index (χ0) is 14.5. The van der Waals surface area contributed by atoms with Crippen LogP contribution < -0.4 is 0 Å². The van der Waals surface area contributed by atoms with Crippen molar-refractivity contribution in [3.05, 3.63) is 0 Å². The maximum Gasteiger partial charge on any atom is 0.156 e. The van der Waals surface area contributed by atoms with Crippen molar-refractivity contribution in [2.24, 2.45) is 11.3 Å². The number of unbranched alkanes of at least 4 members (excludes halogenated alkanes) is 1. The molecule has 0 saturated heterocycles. The molecule has 1 rings (SSSR count). The van der Waals surface area contributed by atoms with Gasteiger partial charge in [-0.3, -0.25) is 9.59 Å². The summed E-state index contributed by atoms with van der Waals surface area (Å²) in [5, 5.41) is 0. The molecule has 4 heteroatoms. The Morgan fingerprint density at radius 1 is 1.21 bits per heavy atom. The van der Waals surface area contributed by atoms with E-state index in [-0.39, 0.29) is 29.2 Å². The summed E-state index contributed by atoms with van der Waals surface area (Å²) < 4.78 is 10.2. The topological polar surface area (TPSA) is 52.6 Å². The molecule has 110 valence electrons. The lowest BCUT2D eigenvalue weighted by molar-refractivity contribution is -0.143. The second-order valence-electron chi connectivity index (χ2n) is 5.95. The monoisotopic (exact) mass is 270 g/mol. The van der Waals surface area contributed by atoms with Gasteiger partial charge in [0.2, 0.25) is 0 Å². The molecule has 0 heterocycles. The summed E-state index contributed by atoms with van der Waals surface area (Å²) in [6.07, 6.45) is 4.28. The molecule has 0 aromatic heterocycles. The standard InChI is InChI=1S/C15H26O4/c1-15(2)10-9-12(16)11(14(15)17)7-5-6-8-13(18-3)19-4/h11,13H,5-10H2,1-4H3. The van der Waals surface area contributed by atoms with Gasteiger partial charge in [0.15, 0.2) is 6.29 Å². The first-order valence-electron chi connectivity index (χ1n) is 7.05. The molecule has 4 nitrogen and oxygen atoms in total. The van der Waals surface area contributed by atoms with E-state index in [0.29, 0.717) is 19.3 Å². The predicted molar refractivity (Wildman–Crippen MR) is 72.8 cm³/mol. The van der Waals surface area contributed by atoms with Crippen LogP contribution in [0.1, 0.15) is 52.4 Å². The fraction of sp³-hybridized carbons (Fsp3) is 0.867. The lowest BCUT2D eigenvalue weighted by atomic mass is 9.69. The van der Waals surface area contributed by atoms with Crippen molar-refractivity contribution < 1.29 is 19.1 Å². The lowest BCUT2D eigenvalue weighted by Gasteiger charge is -2.32. The second kappa shape index (κ2) is 7.15. The number of methoxy groups -OCH3 is 2. The van der Waals surface area contributed by atoms with Crippen molar-refractivity contribution in [1.29, 1.82) is 0 Å². The third kappa shape index (κ3) is 4.39. The Balaban J connectivity index is 2.39. The number of carbonyl (C=O) groups is 2. The van der Waals surface area contributed by atoms with E-state index in [4.69, 9.17) is 9.47 Å². The van der Waals surface area contributed by atoms with Crippen LogP contribution in [-0.4, -0.2) is 32.1 Å². The zero-order valence-electron chi connectivity index (χ0n) is 12.5. The van der Waals surface area contributed by atoms with Gasteiger partial charge in [-0.1, -0.05) is 20.3 Å². The van der Waals surface area contributed by atoms with Crippen LogP contribution in [0, 0.1) is 11.3 Å². The lowest BCUT2D eigenvalue weighted by Crippen LogP contribution is -2.40. The molecule has 0 N–H and O–H groups in total. The number of Topliss-reactive ketones (excluding diaryl/α,β-unsaturated/α-hetero) is 2. The first kappa shape index (κ1) is 16.3. The predicted octanol–water partition coefficient (Wildman–Crippen LogP) is 2.74. The van der Waals surface area contributed by atoms with Crippen LogP contribution in [0.25, 0.3) is 0 Å². The Kier molecular flexibility index (Phi) is 6.14. The van der Waals surface area contributed by atoms with Gasteiger partial charge in [-0.15, -0.1) is 0 Å². The fourth-order valence-electron chi connectivity index (χ4n) is 2.63. The first-order valence-corrected chi connectivity index (χ1v) is 7.05. The van der Waals surface area contributed by atoms with Crippen LogP contribution in [-0.2, 0) is 19.1 Å². The summed E-state index contributed by atoms with van der Waals surface area (Å²) >= 11 is 0. The fourth-order valence-corrected chi connectivity index (χ4v) is 2.63. The first-order chi connectivity index (χ1) is 8.92. The molecule has 0 aliphatic heterocycles. The summed E-state index contributed by atoms with van der Waals surface area (Å²) in [6.45, 7) is 3.89. The quantitative estimate of drug-likeness (QED) is 0.405. The van der Waals surface area contributed by atoms with E-state index in [9.17, 15) is 9.59 Å². The van der Waals surface area contributed by atoms with Gasteiger partial charge >= 0.3 is 0 Å². The Hall–Kier alpha value is -0.740. The number of ether oxygens (including phenoxy) is 2. The van der Waals surface area contributed by atoms with Gasteiger partial charge in [0.1, 0.15) is 11.6 Å². The zero-order valence-corrected chi connectivity index (χ0v) is 12.5. The summed E-state index contributed by atoms with van der Waals surface area (Å²) in [6, 6.07) is 0. The van der Waals surface area contributed by atoms with Crippen LogP contribution in [0.3, 0.4) is 0 Å². The number of hydrogen-bond donors (Lipinski definition) is 0. The maximum absolute atomic E-state index is 12.2. The molecule has 1 atom stereocenters. The molecule has 1 aliphatic rings. The van der Waals surface area contributed by atoms with Crippen molar-refractivity contribution >= 4 is 11.6 Å². The summed E-state index contributed by atoms with van der Waals surface area (Å²) in [5.41, 5.74) is -0.333. The van der Waals surface area contributed by atoms with Crippen LogP contribution in [0.2, 0.25) is 0 Å². The Morgan fingerprint density at radius 3 is 2.42 bits per heavy atom. The number of hydrogen-bond acceptors (Lipinski definition) is 4. The highest BCUT2D eigenvalue weighted by atomic mass is 16.7. The molecule has 1 saturated carbocycles. The maximum atomic E-state index is 12.2. The highest BCUT2D eigenvalue weighted by Crippen LogP contribution is 2.35. The number of carbonyl (C=O) groups excluding carboxylic acids is 2. The van der Waals surface area contributed by atoms with Crippen molar-refractivity contribution in [2.75, 3.05) is 14.2 Å². The van der Waals surface area contributed by atoms with E-state index in [1.165, 1.54) is 0 Å². The van der Waals surface area contributed by atoms with Crippen LogP contribution in [0.5, 0.6) is 0 Å². The minimum Gasteiger partial charge on any atom is -0.356 e. The Labute approximate surface area is 115 Å². The van der Waals surface area contributed by atoms with Gasteiger partial charge in [0.25, 0.3) is 0 Å². The SMILES string of the molecule is COC(CCCCC1C(=O)CCC(C)(C)C1=O)OC. The van der Waals surface area contributed by atoms with E-state index in [1.807, 2.05) is 13.8 Å². The Morgan fingerprint density at radius 2 is 1.84 bits per heavy atom. The highest BCUT2D eigenvalue weighted by molar-refractivity contribution is 6.06. The van der Waals surface area contributed by atoms with Crippen LogP contribution >= 0.6 is 0 Å². The third-order valence-electron chi connectivity index (χ3n) is 4.08. The molecular formula is C15H26O4. The molecule has 19 heavy (non-hydrogen) atoms. The van der Waals surface area contributed by atoms with Gasteiger partial charge in [-0.05, 0) is 25.7 Å². The second-order valence-corrected chi connectivity index (χ2v) is 5.95. The summed E-state index contributed by atoms with van der Waals surface area (Å²) in [7, 11) is 3.23. The molecule has 0 aromatic rings. The van der Waals surface area contributed by atoms with Crippen molar-refractivity contribution in [3.8, 4) is 0 Å². The van der Waals surface area contributed by atoms with Gasteiger partial charge < -0.3 is 9.47 Å². The number of rotatable bonds is 7. The molecule has 0 aromatic carbocycles. The number of ketones is 2. The van der Waals surface area contributed by atoms with Gasteiger partial charge in [0, 0.05) is 26.1 Å². The van der Waals surface area contributed by atoms with Crippen molar-refractivity contribution in [2.45, 2.75) is 58.7 Å². The average Bonchev–Trinajstić information content (AvgIpc) is 2.38. The molecule has 0 spiro atoms. The van der Waals surface area contributed by atoms with E-state index in [2.05, 4.69) is 0 Å². The van der Waals surface area contributed by atoms with E-state index in [0.717, 1.165) is 19.3 Å². The molecule has 1 aliphatic carbocycles. The third-order valence-corrected chi connectivity index (χ3v) is 4.08. The Bertz CT molecular complexity index is 318. The minimum absolute atomic E-state index is 0.124. The summed E-state index contributed by atoms with van der Waals surface area (Å²) in [4.78, 5) is 24.1. The molecule has 0 bridgehead atoms. The molecule has 1 fully saturated rings.